The fourth-order valence-electron chi connectivity index (χ4n) is 2.85. The molecular weight excluding hydrogens is 401 g/mol. The Hall–Kier alpha value is -3.58. The molecule has 9 nitrogen and oxygen atoms in total. The summed E-state index contributed by atoms with van der Waals surface area (Å²) in [4.78, 5) is 21.3. The number of carbonyl (C=O) groups is 1. The third kappa shape index (κ3) is 4.95. The van der Waals surface area contributed by atoms with Crippen molar-refractivity contribution in [2.75, 3.05) is 11.9 Å². The number of fused-ring (bicyclic) bond motifs is 1. The van der Waals surface area contributed by atoms with Gasteiger partial charge in [-0.3, -0.25) is 9.78 Å². The lowest BCUT2D eigenvalue weighted by atomic mass is 10.0. The molecule has 0 aliphatic rings. The number of aliphatic hydroxyl groups is 1. The summed E-state index contributed by atoms with van der Waals surface area (Å²) in [7, 11) is 0. The van der Waals surface area contributed by atoms with E-state index in [-0.39, 0.29) is 18.2 Å². The maximum Gasteiger partial charge on any atom is 0.255 e. The number of anilines is 1. The number of pyridine rings is 1. The van der Waals surface area contributed by atoms with Crippen molar-refractivity contribution in [2.45, 2.75) is 45.5 Å². The van der Waals surface area contributed by atoms with Crippen LogP contribution in [0.4, 0.5) is 10.1 Å². The quantitative estimate of drug-likeness (QED) is 0.530. The lowest BCUT2D eigenvalue weighted by Gasteiger charge is -2.23. The Labute approximate surface area is 178 Å². The molecule has 1 atom stereocenters. The van der Waals surface area contributed by atoms with Crippen molar-refractivity contribution in [3.05, 3.63) is 41.9 Å². The van der Waals surface area contributed by atoms with Crippen LogP contribution in [0.2, 0.25) is 0 Å². The van der Waals surface area contributed by atoms with E-state index < -0.39 is 17.7 Å². The maximum atomic E-state index is 14.0. The highest BCUT2D eigenvalue weighted by molar-refractivity contribution is 6.00. The molecule has 3 rings (SSSR count). The predicted molar refractivity (Wildman–Crippen MR) is 113 cm³/mol. The van der Waals surface area contributed by atoms with Gasteiger partial charge in [-0.25, -0.2) is 13.9 Å². The van der Waals surface area contributed by atoms with Crippen molar-refractivity contribution in [2.24, 2.45) is 0 Å². The Bertz CT molecular complexity index is 1140. The van der Waals surface area contributed by atoms with Crippen LogP contribution in [0.1, 0.15) is 43.6 Å². The molecule has 0 saturated heterocycles. The monoisotopic (exact) mass is 425 g/mol. The lowest BCUT2D eigenvalue weighted by molar-refractivity contribution is -0.00177. The summed E-state index contributed by atoms with van der Waals surface area (Å²) < 4.78 is 15.6. The van der Waals surface area contributed by atoms with E-state index >= 15 is 0 Å². The first-order valence-corrected chi connectivity index (χ1v) is 9.75. The third-order valence-electron chi connectivity index (χ3n) is 4.55. The van der Waals surface area contributed by atoms with Crippen LogP contribution in [0.15, 0.2) is 30.7 Å². The van der Waals surface area contributed by atoms with E-state index in [2.05, 4.69) is 25.7 Å². The summed E-state index contributed by atoms with van der Waals surface area (Å²) in [5, 5.41) is 28.7. The van der Waals surface area contributed by atoms with Gasteiger partial charge in [-0.05, 0) is 33.8 Å². The van der Waals surface area contributed by atoms with Gasteiger partial charge < -0.3 is 15.7 Å². The average Bonchev–Trinajstić information content (AvgIpc) is 3.13. The number of amides is 1. The zero-order chi connectivity index (χ0) is 22.8. The van der Waals surface area contributed by atoms with Gasteiger partial charge in [0.2, 0.25) is 0 Å². The van der Waals surface area contributed by atoms with Gasteiger partial charge in [-0.1, -0.05) is 0 Å². The second-order valence-corrected chi connectivity index (χ2v) is 8.01. The van der Waals surface area contributed by atoms with Crippen LogP contribution in [0.5, 0.6) is 0 Å². The highest BCUT2D eigenvalue weighted by atomic mass is 19.1. The molecule has 0 aromatic carbocycles. The number of halogens is 1. The van der Waals surface area contributed by atoms with Crippen molar-refractivity contribution < 1.29 is 14.3 Å². The average molecular weight is 425 g/mol. The standard InChI is InChI=1S/C21H24FN7O2/c1-12(2)28-15-6-16(17-10-25-19-5-13(7-23)8-27-29(17)19)24-9-14(15)20(30)26-11-18(22)21(3,4)31/h5-6,8-10,12,18,31H,11H2,1-4H3,(H,24,28)(H,26,30)/t18-/m0/s1. The van der Waals surface area contributed by atoms with Crippen molar-refractivity contribution in [1.29, 1.82) is 5.26 Å². The Morgan fingerprint density at radius 2 is 2.03 bits per heavy atom. The van der Waals surface area contributed by atoms with Gasteiger partial charge in [0.25, 0.3) is 5.91 Å². The summed E-state index contributed by atoms with van der Waals surface area (Å²) in [5.74, 6) is -0.510. The van der Waals surface area contributed by atoms with Crippen molar-refractivity contribution in [3.63, 3.8) is 0 Å². The Balaban J connectivity index is 1.93. The number of imidazole rings is 1. The molecule has 1 amide bonds. The number of rotatable bonds is 7. The van der Waals surface area contributed by atoms with Crippen molar-refractivity contribution in [3.8, 4) is 17.5 Å². The zero-order valence-electron chi connectivity index (χ0n) is 17.7. The molecule has 3 N–H and O–H groups in total. The van der Waals surface area contributed by atoms with Crippen LogP contribution in [-0.2, 0) is 0 Å². The normalized spacial score (nSPS) is 12.6. The molecule has 0 aliphatic heterocycles. The summed E-state index contributed by atoms with van der Waals surface area (Å²) in [6.45, 7) is 6.20. The number of hydrogen-bond donors (Lipinski definition) is 3. The molecule has 31 heavy (non-hydrogen) atoms. The van der Waals surface area contributed by atoms with Crippen LogP contribution in [0.25, 0.3) is 17.0 Å². The van der Waals surface area contributed by atoms with Gasteiger partial charge in [0.1, 0.15) is 17.9 Å². The van der Waals surface area contributed by atoms with E-state index in [1.807, 2.05) is 19.9 Å². The molecule has 0 bridgehead atoms. The zero-order valence-corrected chi connectivity index (χ0v) is 17.7. The molecule has 3 heterocycles. The number of nitrogens with zero attached hydrogens (tertiary/aromatic N) is 5. The van der Waals surface area contributed by atoms with Gasteiger partial charge in [-0.2, -0.15) is 10.4 Å². The minimum Gasteiger partial charge on any atom is -0.387 e. The first kappa shape index (κ1) is 22.1. The Morgan fingerprint density at radius 3 is 2.68 bits per heavy atom. The van der Waals surface area contributed by atoms with Crippen molar-refractivity contribution in [1.82, 2.24) is 24.9 Å². The molecule has 10 heteroatoms. The summed E-state index contributed by atoms with van der Waals surface area (Å²) >= 11 is 0. The third-order valence-corrected chi connectivity index (χ3v) is 4.55. The molecule has 3 aromatic heterocycles. The van der Waals surface area contributed by atoms with E-state index in [4.69, 9.17) is 5.26 Å². The van der Waals surface area contributed by atoms with Gasteiger partial charge >= 0.3 is 0 Å². The summed E-state index contributed by atoms with van der Waals surface area (Å²) in [5.41, 5.74) is 1.19. The summed E-state index contributed by atoms with van der Waals surface area (Å²) in [6, 6.07) is 5.35. The number of nitrogens with one attached hydrogen (secondary N) is 2. The molecule has 0 unspecified atom stereocenters. The Morgan fingerprint density at radius 1 is 1.29 bits per heavy atom. The van der Waals surface area contributed by atoms with Gasteiger partial charge in [0.15, 0.2) is 5.65 Å². The highest BCUT2D eigenvalue weighted by Gasteiger charge is 2.27. The first-order chi connectivity index (χ1) is 14.6. The fraction of sp³-hybridized carbons (Fsp3) is 0.381. The van der Waals surface area contributed by atoms with Crippen molar-refractivity contribution >= 4 is 17.2 Å². The van der Waals surface area contributed by atoms with Crippen LogP contribution >= 0.6 is 0 Å². The van der Waals surface area contributed by atoms with Crippen LogP contribution in [0.3, 0.4) is 0 Å². The van der Waals surface area contributed by atoms with E-state index in [9.17, 15) is 14.3 Å². The highest BCUT2D eigenvalue weighted by Crippen LogP contribution is 2.25. The summed E-state index contributed by atoms with van der Waals surface area (Å²) in [6.07, 6.45) is 2.80. The number of aromatic nitrogens is 4. The largest absolute Gasteiger partial charge is 0.387 e. The number of alkyl halides is 1. The second kappa shape index (κ2) is 8.65. The minimum absolute atomic E-state index is 0.0191. The van der Waals surface area contributed by atoms with E-state index in [1.165, 1.54) is 26.2 Å². The molecule has 162 valence electrons. The SMILES string of the molecule is CC(C)Nc1cc(-c2cnc3cc(C#N)cnn23)ncc1C(=O)NC[C@H](F)C(C)(C)O. The number of hydrogen-bond acceptors (Lipinski definition) is 7. The molecule has 0 fully saturated rings. The number of nitriles is 1. The smallest absolute Gasteiger partial charge is 0.255 e. The van der Waals surface area contributed by atoms with Crippen LogP contribution in [-0.4, -0.2) is 55.0 Å². The van der Waals surface area contributed by atoms with E-state index in [1.54, 1.807) is 22.8 Å². The van der Waals surface area contributed by atoms with Crippen LogP contribution in [0, 0.1) is 11.3 Å². The Kier molecular flexibility index (Phi) is 6.17. The minimum atomic E-state index is -1.62. The number of carbonyl (C=O) groups excluding carboxylic acids is 1. The molecule has 3 aromatic rings. The molecule has 0 spiro atoms. The molecule has 0 saturated carbocycles. The predicted octanol–water partition coefficient (Wildman–Crippen LogP) is 2.32. The van der Waals surface area contributed by atoms with Gasteiger partial charge in [0, 0.05) is 18.3 Å². The fourth-order valence-corrected chi connectivity index (χ4v) is 2.85. The van der Waals surface area contributed by atoms with E-state index in [0.717, 1.165) is 0 Å². The molecular formula is C21H24FN7O2. The van der Waals surface area contributed by atoms with Gasteiger partial charge in [0.05, 0.1) is 47.0 Å². The molecule has 0 aliphatic carbocycles. The lowest BCUT2D eigenvalue weighted by Crippen LogP contribution is -2.42. The first-order valence-electron chi connectivity index (χ1n) is 9.75. The maximum absolute atomic E-state index is 14.0. The topological polar surface area (TPSA) is 128 Å². The van der Waals surface area contributed by atoms with E-state index in [0.29, 0.717) is 28.3 Å². The second-order valence-electron chi connectivity index (χ2n) is 8.01. The van der Waals surface area contributed by atoms with Gasteiger partial charge in [-0.15, -0.1) is 0 Å². The van der Waals surface area contributed by atoms with Crippen LogP contribution < -0.4 is 10.6 Å². The molecule has 0 radical (unpaired) electrons.